The molecule has 0 aliphatic rings. The Bertz CT molecular complexity index is 299. The van der Waals surface area contributed by atoms with Gasteiger partial charge in [-0.05, 0) is 26.2 Å². The molecule has 0 spiro atoms. The molecule has 0 aromatic rings. The third kappa shape index (κ3) is 21.3. The Hall–Kier alpha value is -0.790. The Morgan fingerprint density at radius 1 is 0.654 bits per heavy atom. The van der Waals surface area contributed by atoms with Gasteiger partial charge in [0, 0.05) is 6.42 Å². The van der Waals surface area contributed by atoms with E-state index in [0.717, 1.165) is 6.42 Å². The highest BCUT2D eigenvalue weighted by Crippen LogP contribution is 2.14. The molecule has 0 rings (SSSR count). The molecule has 0 aromatic carbocycles. The number of allylic oxidation sites excluding steroid dienone is 1. The molecule has 2 heteroatoms. The van der Waals surface area contributed by atoms with Crippen LogP contribution in [0.2, 0.25) is 0 Å². The molecule has 0 aliphatic heterocycles. The van der Waals surface area contributed by atoms with Gasteiger partial charge in [-0.2, -0.15) is 0 Å². The first kappa shape index (κ1) is 25.2. The van der Waals surface area contributed by atoms with Gasteiger partial charge < -0.3 is 4.74 Å². The monoisotopic (exact) mass is 366 g/mol. The van der Waals surface area contributed by atoms with Crippen molar-refractivity contribution in [1.29, 1.82) is 0 Å². The number of rotatable bonds is 21. The van der Waals surface area contributed by atoms with Gasteiger partial charge in [-0.3, -0.25) is 4.79 Å². The molecule has 0 unspecified atom stereocenters. The van der Waals surface area contributed by atoms with Crippen molar-refractivity contribution in [2.75, 3.05) is 6.61 Å². The minimum absolute atomic E-state index is 0.0315. The van der Waals surface area contributed by atoms with Gasteiger partial charge >= 0.3 is 5.97 Å². The molecule has 0 bridgehead atoms. The van der Waals surface area contributed by atoms with E-state index in [1.54, 1.807) is 0 Å². The molecule has 0 heterocycles. The number of hydrogen-bond donors (Lipinski definition) is 0. The Kier molecular flexibility index (Phi) is 21.6. The third-order valence-corrected chi connectivity index (χ3v) is 5.09. The lowest BCUT2D eigenvalue weighted by molar-refractivity contribution is -0.143. The number of hydrogen-bond acceptors (Lipinski definition) is 2. The van der Waals surface area contributed by atoms with Crippen LogP contribution < -0.4 is 0 Å². The highest BCUT2D eigenvalue weighted by molar-refractivity contribution is 5.69. The van der Waals surface area contributed by atoms with Crippen LogP contribution in [-0.4, -0.2) is 12.6 Å². The summed E-state index contributed by atoms with van der Waals surface area (Å²) in [6.07, 6.45) is 26.9. The Morgan fingerprint density at radius 3 is 1.35 bits per heavy atom. The lowest BCUT2D eigenvalue weighted by atomic mass is 10.0. The summed E-state index contributed by atoms with van der Waals surface area (Å²) in [6, 6.07) is 0. The van der Waals surface area contributed by atoms with Gasteiger partial charge in [0.25, 0.3) is 0 Å². The van der Waals surface area contributed by atoms with Crippen molar-refractivity contribution in [2.45, 2.75) is 129 Å². The molecule has 0 radical (unpaired) electrons. The molecule has 0 fully saturated rings. The van der Waals surface area contributed by atoms with E-state index < -0.39 is 0 Å². The lowest BCUT2D eigenvalue weighted by Crippen LogP contribution is -2.03. The van der Waals surface area contributed by atoms with Crippen LogP contribution in [0.3, 0.4) is 0 Å². The average Bonchev–Trinajstić information content (AvgIpc) is 2.64. The zero-order chi connectivity index (χ0) is 19.1. The van der Waals surface area contributed by atoms with Crippen molar-refractivity contribution in [1.82, 2.24) is 0 Å². The van der Waals surface area contributed by atoms with Crippen LogP contribution in [0.4, 0.5) is 0 Å². The van der Waals surface area contributed by atoms with Gasteiger partial charge in [0.2, 0.25) is 0 Å². The van der Waals surface area contributed by atoms with E-state index in [2.05, 4.69) is 6.58 Å². The van der Waals surface area contributed by atoms with Crippen LogP contribution in [-0.2, 0) is 9.53 Å². The molecule has 0 saturated heterocycles. The fourth-order valence-corrected chi connectivity index (χ4v) is 3.44. The Labute approximate surface area is 164 Å². The maximum absolute atomic E-state index is 11.2. The molecular weight excluding hydrogens is 320 g/mol. The molecule has 0 amide bonds. The van der Waals surface area contributed by atoms with E-state index in [9.17, 15) is 4.79 Å². The number of carbonyl (C=O) groups is 1. The van der Waals surface area contributed by atoms with Crippen molar-refractivity contribution >= 4 is 5.97 Å². The summed E-state index contributed by atoms with van der Waals surface area (Å²) in [5.74, 6) is -0.0315. The quantitative estimate of drug-likeness (QED) is 0.116. The van der Waals surface area contributed by atoms with Gasteiger partial charge in [-0.1, -0.05) is 102 Å². The molecule has 154 valence electrons. The van der Waals surface area contributed by atoms with Crippen molar-refractivity contribution < 1.29 is 9.53 Å². The fraction of sp³-hybridized carbons (Fsp3) is 0.875. The zero-order valence-corrected chi connectivity index (χ0v) is 17.7. The largest absolute Gasteiger partial charge is 0.466 e. The van der Waals surface area contributed by atoms with Crippen molar-refractivity contribution in [3.63, 3.8) is 0 Å². The maximum Gasteiger partial charge on any atom is 0.305 e. The van der Waals surface area contributed by atoms with Crippen LogP contribution in [0.25, 0.3) is 0 Å². The Morgan fingerprint density at radius 2 is 1.00 bits per heavy atom. The normalized spacial score (nSPS) is 10.8. The second kappa shape index (κ2) is 22.3. The lowest BCUT2D eigenvalue weighted by Gasteiger charge is -2.04. The Balaban J connectivity index is 3.03. The van der Waals surface area contributed by atoms with Crippen molar-refractivity contribution in [3.8, 4) is 0 Å². The van der Waals surface area contributed by atoms with Gasteiger partial charge in [-0.15, -0.1) is 6.58 Å². The number of unbranched alkanes of at least 4 members (excludes halogenated alkanes) is 17. The summed E-state index contributed by atoms with van der Waals surface area (Å²) in [6.45, 7) is 6.15. The summed E-state index contributed by atoms with van der Waals surface area (Å²) < 4.78 is 4.94. The SMILES string of the molecule is C=CCCCCCCCCCCCCCCCCCCCC(=O)OCC. The van der Waals surface area contributed by atoms with Gasteiger partial charge in [0.1, 0.15) is 0 Å². The van der Waals surface area contributed by atoms with Crippen LogP contribution in [0.5, 0.6) is 0 Å². The zero-order valence-electron chi connectivity index (χ0n) is 17.7. The first-order chi connectivity index (χ1) is 12.8. The highest BCUT2D eigenvalue weighted by atomic mass is 16.5. The summed E-state index contributed by atoms with van der Waals surface area (Å²) in [4.78, 5) is 11.2. The number of ether oxygens (including phenoxy) is 1. The predicted octanol–water partition coefficient (Wildman–Crippen LogP) is 8.15. The minimum atomic E-state index is -0.0315. The molecule has 0 aromatic heterocycles. The second-order valence-electron chi connectivity index (χ2n) is 7.64. The van der Waals surface area contributed by atoms with Crippen LogP contribution >= 0.6 is 0 Å². The van der Waals surface area contributed by atoms with Gasteiger partial charge in [-0.25, -0.2) is 0 Å². The minimum Gasteiger partial charge on any atom is -0.466 e. The van der Waals surface area contributed by atoms with E-state index >= 15 is 0 Å². The smallest absolute Gasteiger partial charge is 0.305 e. The molecule has 0 atom stereocenters. The predicted molar refractivity (Wildman–Crippen MR) is 115 cm³/mol. The molecule has 2 nitrogen and oxygen atoms in total. The van der Waals surface area contributed by atoms with Crippen LogP contribution in [0.15, 0.2) is 12.7 Å². The highest BCUT2D eigenvalue weighted by Gasteiger charge is 2.00. The molecule has 0 aliphatic carbocycles. The van der Waals surface area contributed by atoms with Gasteiger partial charge in [0.05, 0.1) is 6.61 Å². The first-order valence-corrected chi connectivity index (χ1v) is 11.6. The van der Waals surface area contributed by atoms with Crippen molar-refractivity contribution in [3.05, 3.63) is 12.7 Å². The van der Waals surface area contributed by atoms with Crippen molar-refractivity contribution in [2.24, 2.45) is 0 Å². The second-order valence-corrected chi connectivity index (χ2v) is 7.64. The molecule has 26 heavy (non-hydrogen) atoms. The fourth-order valence-electron chi connectivity index (χ4n) is 3.44. The van der Waals surface area contributed by atoms with Gasteiger partial charge in [0.15, 0.2) is 0 Å². The molecule has 0 N–H and O–H groups in total. The first-order valence-electron chi connectivity index (χ1n) is 11.6. The summed E-state index contributed by atoms with van der Waals surface area (Å²) in [5, 5.41) is 0. The average molecular weight is 367 g/mol. The third-order valence-electron chi connectivity index (χ3n) is 5.09. The van der Waals surface area contributed by atoms with E-state index in [1.807, 2.05) is 13.0 Å². The summed E-state index contributed by atoms with van der Waals surface area (Å²) in [5.41, 5.74) is 0. The summed E-state index contributed by atoms with van der Waals surface area (Å²) >= 11 is 0. The van der Waals surface area contributed by atoms with E-state index in [0.29, 0.717) is 13.0 Å². The molecule has 0 saturated carbocycles. The molecular formula is C24H46O2. The number of carbonyl (C=O) groups excluding carboxylic acids is 1. The standard InChI is InChI=1S/C24H46O2/c1-3-5-6-7-8-9-10-11-12-13-14-15-16-17-18-19-20-21-22-23-24(25)26-4-2/h3H,1,4-23H2,2H3. The maximum atomic E-state index is 11.2. The van der Waals surface area contributed by atoms with Crippen LogP contribution in [0.1, 0.15) is 129 Å². The topological polar surface area (TPSA) is 26.3 Å². The van der Waals surface area contributed by atoms with E-state index in [1.165, 1.54) is 109 Å². The van der Waals surface area contributed by atoms with Crippen LogP contribution in [0, 0.1) is 0 Å². The number of esters is 1. The van der Waals surface area contributed by atoms with E-state index in [4.69, 9.17) is 4.74 Å². The summed E-state index contributed by atoms with van der Waals surface area (Å²) in [7, 11) is 0. The van der Waals surface area contributed by atoms with E-state index in [-0.39, 0.29) is 5.97 Å².